The summed E-state index contributed by atoms with van der Waals surface area (Å²) in [6, 6.07) is 3.43. The van der Waals surface area contributed by atoms with Gasteiger partial charge >= 0.3 is 0 Å². The number of nitrogens with two attached hydrogens (primary N) is 1. The summed E-state index contributed by atoms with van der Waals surface area (Å²) in [7, 11) is 0. The van der Waals surface area contributed by atoms with Crippen molar-refractivity contribution in [2.75, 3.05) is 6.67 Å². The molecule has 0 aromatic heterocycles. The lowest BCUT2D eigenvalue weighted by molar-refractivity contribution is 0.427. The molecule has 0 unspecified atom stereocenters. The van der Waals surface area contributed by atoms with Crippen LogP contribution in [0.25, 0.3) is 0 Å². The van der Waals surface area contributed by atoms with E-state index in [0.717, 1.165) is 0 Å². The molecule has 5 heteroatoms. The Labute approximate surface area is 86.3 Å². The van der Waals surface area contributed by atoms with Gasteiger partial charge in [0.15, 0.2) is 0 Å². The van der Waals surface area contributed by atoms with E-state index in [2.05, 4.69) is 0 Å². The van der Waals surface area contributed by atoms with Crippen LogP contribution in [0.3, 0.4) is 0 Å². The van der Waals surface area contributed by atoms with Gasteiger partial charge in [-0.25, -0.2) is 8.78 Å². The van der Waals surface area contributed by atoms with E-state index in [-0.39, 0.29) is 23.0 Å². The van der Waals surface area contributed by atoms with Crippen molar-refractivity contribution in [3.05, 3.63) is 34.6 Å². The van der Waals surface area contributed by atoms with Crippen LogP contribution >= 0.6 is 24.0 Å². The van der Waals surface area contributed by atoms with Crippen molar-refractivity contribution in [2.24, 2.45) is 5.73 Å². The van der Waals surface area contributed by atoms with Crippen molar-refractivity contribution in [2.45, 2.75) is 6.04 Å². The summed E-state index contributed by atoms with van der Waals surface area (Å²) in [6.45, 7) is -0.794. The lowest BCUT2D eigenvalue weighted by Crippen LogP contribution is -2.13. The van der Waals surface area contributed by atoms with Gasteiger partial charge in [0.25, 0.3) is 0 Å². The Kier molecular flexibility index (Phi) is 5.21. The fourth-order valence-corrected chi connectivity index (χ4v) is 1.07. The van der Waals surface area contributed by atoms with Gasteiger partial charge < -0.3 is 5.73 Å². The number of halogens is 4. The van der Waals surface area contributed by atoms with E-state index in [9.17, 15) is 8.78 Å². The van der Waals surface area contributed by atoms with Crippen LogP contribution in [0.1, 0.15) is 11.6 Å². The average Bonchev–Trinajstić information content (AvgIpc) is 2.08. The predicted octanol–water partition coefficient (Wildman–Crippen LogP) is 2.87. The molecule has 13 heavy (non-hydrogen) atoms. The fraction of sp³-hybridized carbons (Fsp3) is 0.250. The molecule has 74 valence electrons. The van der Waals surface area contributed by atoms with Crippen LogP contribution in [-0.2, 0) is 0 Å². The molecule has 1 atom stereocenters. The van der Waals surface area contributed by atoms with Crippen LogP contribution in [0, 0.1) is 5.82 Å². The van der Waals surface area contributed by atoms with E-state index >= 15 is 0 Å². The van der Waals surface area contributed by atoms with E-state index in [1.807, 2.05) is 0 Å². The second-order valence-electron chi connectivity index (χ2n) is 2.40. The van der Waals surface area contributed by atoms with E-state index in [1.165, 1.54) is 18.2 Å². The summed E-state index contributed by atoms with van der Waals surface area (Å²) in [5, 5.41) is -0.0311. The minimum atomic E-state index is -0.927. The van der Waals surface area contributed by atoms with Gasteiger partial charge in [-0.1, -0.05) is 23.7 Å². The lowest BCUT2D eigenvalue weighted by atomic mass is 10.1. The van der Waals surface area contributed by atoms with E-state index < -0.39 is 18.5 Å². The van der Waals surface area contributed by atoms with Crippen molar-refractivity contribution >= 4 is 24.0 Å². The zero-order valence-electron chi connectivity index (χ0n) is 6.64. The van der Waals surface area contributed by atoms with Crippen molar-refractivity contribution in [1.82, 2.24) is 0 Å². The summed E-state index contributed by atoms with van der Waals surface area (Å²) < 4.78 is 25.1. The standard InChI is InChI=1S/C8H8ClF2N.ClH/c9-6-3-1-2-5(8(6)11)7(12)4-10;/h1-3,7H,4,12H2;1H/t7-;/m1./s1. The Morgan fingerprint density at radius 1 is 1.46 bits per heavy atom. The van der Waals surface area contributed by atoms with Crippen molar-refractivity contribution in [3.8, 4) is 0 Å². The maximum Gasteiger partial charge on any atom is 0.146 e. The van der Waals surface area contributed by atoms with E-state index in [1.54, 1.807) is 0 Å². The second kappa shape index (κ2) is 5.37. The largest absolute Gasteiger partial charge is 0.322 e. The van der Waals surface area contributed by atoms with Crippen LogP contribution in [-0.4, -0.2) is 6.67 Å². The first-order valence-electron chi connectivity index (χ1n) is 3.42. The Bertz CT molecular complexity index is 281. The molecule has 1 rings (SSSR count). The summed E-state index contributed by atoms with van der Waals surface area (Å²) in [6.07, 6.45) is 0. The van der Waals surface area contributed by atoms with E-state index in [4.69, 9.17) is 17.3 Å². The number of alkyl halides is 1. The summed E-state index contributed by atoms with van der Waals surface area (Å²) >= 11 is 5.46. The minimum absolute atomic E-state index is 0. The molecule has 0 aliphatic heterocycles. The zero-order chi connectivity index (χ0) is 9.14. The molecule has 2 N–H and O–H groups in total. The quantitative estimate of drug-likeness (QED) is 0.827. The molecule has 0 fully saturated rings. The molecule has 0 heterocycles. The molecular weight excluding hydrogens is 219 g/mol. The maximum atomic E-state index is 13.1. The predicted molar refractivity (Wildman–Crippen MR) is 51.6 cm³/mol. The molecule has 0 aliphatic rings. The second-order valence-corrected chi connectivity index (χ2v) is 2.81. The summed E-state index contributed by atoms with van der Waals surface area (Å²) in [5.41, 5.74) is 5.41. The van der Waals surface area contributed by atoms with Crippen LogP contribution < -0.4 is 5.73 Å². The number of benzene rings is 1. The molecule has 0 saturated carbocycles. The number of rotatable bonds is 2. The zero-order valence-corrected chi connectivity index (χ0v) is 8.21. The SMILES string of the molecule is Cl.N[C@H](CF)c1cccc(Cl)c1F. The molecule has 1 aromatic carbocycles. The van der Waals surface area contributed by atoms with Gasteiger partial charge in [0.1, 0.15) is 12.5 Å². The topological polar surface area (TPSA) is 26.0 Å². The third-order valence-electron chi connectivity index (χ3n) is 1.55. The molecule has 0 bridgehead atoms. The lowest BCUT2D eigenvalue weighted by Gasteiger charge is -2.08. The van der Waals surface area contributed by atoms with Gasteiger partial charge in [-0.05, 0) is 6.07 Å². The molecule has 1 nitrogen and oxygen atoms in total. The van der Waals surface area contributed by atoms with Gasteiger partial charge in [-0.2, -0.15) is 0 Å². The minimum Gasteiger partial charge on any atom is -0.322 e. The first kappa shape index (κ1) is 12.6. The van der Waals surface area contributed by atoms with Gasteiger partial charge in [-0.3, -0.25) is 0 Å². The first-order valence-corrected chi connectivity index (χ1v) is 3.80. The Morgan fingerprint density at radius 2 is 2.08 bits per heavy atom. The Hall–Kier alpha value is -0.380. The molecular formula is C8H9Cl2F2N. The van der Waals surface area contributed by atoms with Crippen molar-refractivity contribution in [3.63, 3.8) is 0 Å². The molecule has 0 spiro atoms. The third-order valence-corrected chi connectivity index (χ3v) is 1.84. The molecule has 0 radical (unpaired) electrons. The van der Waals surface area contributed by atoms with Crippen LogP contribution in [0.15, 0.2) is 18.2 Å². The van der Waals surface area contributed by atoms with Crippen LogP contribution in [0.4, 0.5) is 8.78 Å². The highest BCUT2D eigenvalue weighted by molar-refractivity contribution is 6.30. The van der Waals surface area contributed by atoms with Crippen molar-refractivity contribution in [1.29, 1.82) is 0 Å². The van der Waals surface area contributed by atoms with Gasteiger partial charge in [0, 0.05) is 5.56 Å². The Balaban J connectivity index is 0.00000144. The molecule has 1 aromatic rings. The van der Waals surface area contributed by atoms with Crippen LogP contribution in [0.2, 0.25) is 5.02 Å². The van der Waals surface area contributed by atoms with Crippen molar-refractivity contribution < 1.29 is 8.78 Å². The fourth-order valence-electron chi connectivity index (χ4n) is 0.890. The van der Waals surface area contributed by atoms with Gasteiger partial charge in [-0.15, -0.1) is 12.4 Å². The number of hydrogen-bond acceptors (Lipinski definition) is 1. The first-order chi connectivity index (χ1) is 5.66. The highest BCUT2D eigenvalue weighted by atomic mass is 35.5. The normalized spacial score (nSPS) is 12.0. The highest BCUT2D eigenvalue weighted by Gasteiger charge is 2.12. The molecule has 0 amide bonds. The smallest absolute Gasteiger partial charge is 0.146 e. The van der Waals surface area contributed by atoms with E-state index in [0.29, 0.717) is 0 Å². The maximum absolute atomic E-state index is 13.1. The molecule has 0 saturated heterocycles. The molecule has 0 aliphatic carbocycles. The number of hydrogen-bond donors (Lipinski definition) is 1. The Morgan fingerprint density at radius 3 is 2.62 bits per heavy atom. The summed E-state index contributed by atoms with van der Waals surface area (Å²) in [4.78, 5) is 0. The summed E-state index contributed by atoms with van der Waals surface area (Å²) in [5.74, 6) is -0.635. The van der Waals surface area contributed by atoms with Gasteiger partial charge in [0.2, 0.25) is 0 Å². The van der Waals surface area contributed by atoms with Gasteiger partial charge in [0.05, 0.1) is 11.1 Å². The highest BCUT2D eigenvalue weighted by Crippen LogP contribution is 2.22. The third kappa shape index (κ3) is 2.79. The monoisotopic (exact) mass is 227 g/mol. The van der Waals surface area contributed by atoms with Crippen LogP contribution in [0.5, 0.6) is 0 Å². The average molecular weight is 228 g/mol.